The molecule has 1 rings (SSSR count). The number of aliphatic carboxylic acids is 1. The largest absolute Gasteiger partial charge is 0.481 e. The highest BCUT2D eigenvalue weighted by atomic mass is 79.9. The molecule has 0 unspecified atom stereocenters. The van der Waals surface area contributed by atoms with Crippen molar-refractivity contribution in [3.63, 3.8) is 0 Å². The van der Waals surface area contributed by atoms with Gasteiger partial charge in [-0.05, 0) is 24.6 Å². The van der Waals surface area contributed by atoms with Gasteiger partial charge in [0.1, 0.15) is 0 Å². The molecular formula is C12H15BrN2O3. The lowest BCUT2D eigenvalue weighted by Gasteiger charge is -2.18. The van der Waals surface area contributed by atoms with Crippen molar-refractivity contribution in [3.05, 3.63) is 28.2 Å². The molecule has 0 spiro atoms. The smallest absolute Gasteiger partial charge is 0.321 e. The highest BCUT2D eigenvalue weighted by molar-refractivity contribution is 9.10. The molecule has 98 valence electrons. The minimum Gasteiger partial charge on any atom is -0.481 e. The van der Waals surface area contributed by atoms with E-state index in [2.05, 4.69) is 21.2 Å². The minimum atomic E-state index is -0.923. The standard InChI is InChI=1S/C12H15BrN2O3/c1-8-3-4-9(13)7-10(8)14-12(18)15(2)6-5-11(16)17/h3-4,7H,5-6H2,1-2H3,(H,14,18)(H,16,17). The molecule has 2 amide bonds. The number of carbonyl (C=O) groups excluding carboxylic acids is 1. The van der Waals surface area contributed by atoms with Crippen molar-refractivity contribution < 1.29 is 14.7 Å². The number of amides is 2. The Bertz CT molecular complexity index is 463. The first-order valence-electron chi connectivity index (χ1n) is 5.40. The van der Waals surface area contributed by atoms with Crippen LogP contribution in [-0.4, -0.2) is 35.6 Å². The molecule has 0 saturated heterocycles. The number of anilines is 1. The first-order chi connectivity index (χ1) is 8.40. The number of nitrogens with zero attached hydrogens (tertiary/aromatic N) is 1. The van der Waals surface area contributed by atoms with Crippen molar-refractivity contribution in [2.24, 2.45) is 0 Å². The average Bonchev–Trinajstić information content (AvgIpc) is 2.30. The number of nitrogens with one attached hydrogen (secondary N) is 1. The van der Waals surface area contributed by atoms with Crippen LogP contribution in [0, 0.1) is 6.92 Å². The summed E-state index contributed by atoms with van der Waals surface area (Å²) in [6.45, 7) is 2.06. The van der Waals surface area contributed by atoms with Crippen molar-refractivity contribution in [2.45, 2.75) is 13.3 Å². The fourth-order valence-corrected chi connectivity index (χ4v) is 1.67. The summed E-state index contributed by atoms with van der Waals surface area (Å²) in [5.74, 6) is -0.923. The third kappa shape index (κ3) is 4.37. The van der Waals surface area contributed by atoms with E-state index in [0.29, 0.717) is 5.69 Å². The van der Waals surface area contributed by atoms with Crippen molar-refractivity contribution in [1.82, 2.24) is 4.90 Å². The Balaban J connectivity index is 2.63. The van der Waals surface area contributed by atoms with Crippen LogP contribution in [0.3, 0.4) is 0 Å². The molecule has 0 fully saturated rings. The monoisotopic (exact) mass is 314 g/mol. The number of hydrogen-bond acceptors (Lipinski definition) is 2. The van der Waals surface area contributed by atoms with Gasteiger partial charge in [0.15, 0.2) is 0 Å². The number of carboxylic acid groups (broad SMARTS) is 1. The average molecular weight is 315 g/mol. The summed E-state index contributed by atoms with van der Waals surface area (Å²) >= 11 is 3.33. The second kappa shape index (κ2) is 6.39. The SMILES string of the molecule is Cc1ccc(Br)cc1NC(=O)N(C)CCC(=O)O. The van der Waals surface area contributed by atoms with Crippen molar-refractivity contribution in [3.8, 4) is 0 Å². The van der Waals surface area contributed by atoms with Crippen molar-refractivity contribution in [2.75, 3.05) is 18.9 Å². The van der Waals surface area contributed by atoms with Gasteiger partial charge in [0.05, 0.1) is 6.42 Å². The molecule has 6 heteroatoms. The van der Waals surface area contributed by atoms with Gasteiger partial charge in [-0.3, -0.25) is 4.79 Å². The number of urea groups is 1. The highest BCUT2D eigenvalue weighted by Crippen LogP contribution is 2.20. The molecule has 0 heterocycles. The van der Waals surface area contributed by atoms with Crippen molar-refractivity contribution >= 4 is 33.6 Å². The number of carbonyl (C=O) groups is 2. The maximum absolute atomic E-state index is 11.8. The number of rotatable bonds is 4. The number of aryl methyl sites for hydroxylation is 1. The van der Waals surface area contributed by atoms with Crippen LogP contribution in [0.1, 0.15) is 12.0 Å². The third-order valence-electron chi connectivity index (χ3n) is 2.45. The Hall–Kier alpha value is -1.56. The molecule has 0 aliphatic heterocycles. The molecule has 0 aliphatic rings. The number of carboxylic acids is 1. The van der Waals surface area contributed by atoms with Gasteiger partial charge < -0.3 is 15.3 Å². The Morgan fingerprint density at radius 2 is 2.11 bits per heavy atom. The van der Waals surface area contributed by atoms with Crippen LogP contribution in [0.4, 0.5) is 10.5 Å². The summed E-state index contributed by atoms with van der Waals surface area (Å²) in [6, 6.07) is 5.26. The lowest BCUT2D eigenvalue weighted by molar-refractivity contribution is -0.137. The predicted molar refractivity (Wildman–Crippen MR) is 72.8 cm³/mol. The molecule has 1 aromatic carbocycles. The molecule has 0 bridgehead atoms. The van der Waals surface area contributed by atoms with Crippen LogP contribution >= 0.6 is 15.9 Å². The van der Waals surface area contributed by atoms with Crippen molar-refractivity contribution in [1.29, 1.82) is 0 Å². The zero-order valence-corrected chi connectivity index (χ0v) is 11.8. The van der Waals surface area contributed by atoms with E-state index < -0.39 is 5.97 Å². The highest BCUT2D eigenvalue weighted by Gasteiger charge is 2.11. The fourth-order valence-electron chi connectivity index (χ4n) is 1.30. The molecule has 0 aromatic heterocycles. The zero-order valence-electron chi connectivity index (χ0n) is 10.2. The van der Waals surface area contributed by atoms with Gasteiger partial charge >= 0.3 is 12.0 Å². The predicted octanol–water partition coefficient (Wildman–Crippen LogP) is 2.70. The first kappa shape index (κ1) is 14.5. The van der Waals surface area contributed by atoms with Crippen LogP contribution in [-0.2, 0) is 4.79 Å². The Morgan fingerprint density at radius 1 is 1.44 bits per heavy atom. The van der Waals surface area contributed by atoms with Gasteiger partial charge in [0.25, 0.3) is 0 Å². The zero-order chi connectivity index (χ0) is 13.7. The summed E-state index contributed by atoms with van der Waals surface area (Å²) < 4.78 is 0.872. The van der Waals surface area contributed by atoms with E-state index in [9.17, 15) is 9.59 Å². The van der Waals surface area contributed by atoms with Crippen LogP contribution in [0.5, 0.6) is 0 Å². The van der Waals surface area contributed by atoms with Gasteiger partial charge in [0.2, 0.25) is 0 Å². The molecule has 0 atom stereocenters. The molecule has 0 saturated carbocycles. The Kier molecular flexibility index (Phi) is 5.15. The van der Waals surface area contributed by atoms with Gasteiger partial charge in [0, 0.05) is 23.8 Å². The van der Waals surface area contributed by atoms with Gasteiger partial charge in [-0.25, -0.2) is 4.79 Å². The Labute approximate surface area is 114 Å². The molecule has 0 aliphatic carbocycles. The quantitative estimate of drug-likeness (QED) is 0.897. The molecule has 1 aromatic rings. The van der Waals surface area contributed by atoms with Crippen LogP contribution in [0.15, 0.2) is 22.7 Å². The molecule has 5 nitrogen and oxygen atoms in total. The summed E-state index contributed by atoms with van der Waals surface area (Å²) in [5.41, 5.74) is 1.65. The number of halogens is 1. The third-order valence-corrected chi connectivity index (χ3v) is 2.94. The first-order valence-corrected chi connectivity index (χ1v) is 6.19. The van der Waals surface area contributed by atoms with Gasteiger partial charge in [-0.1, -0.05) is 22.0 Å². The summed E-state index contributed by atoms with van der Waals surface area (Å²) in [6.07, 6.45) is -0.0681. The van der Waals surface area contributed by atoms with E-state index in [4.69, 9.17) is 5.11 Å². The molecule has 2 N–H and O–H groups in total. The lowest BCUT2D eigenvalue weighted by atomic mass is 10.2. The summed E-state index contributed by atoms with van der Waals surface area (Å²) in [5, 5.41) is 11.3. The Morgan fingerprint density at radius 3 is 2.72 bits per heavy atom. The van der Waals surface area contributed by atoms with Crippen LogP contribution < -0.4 is 5.32 Å². The number of benzene rings is 1. The van der Waals surface area contributed by atoms with E-state index in [1.165, 1.54) is 4.90 Å². The number of hydrogen-bond donors (Lipinski definition) is 2. The normalized spacial score (nSPS) is 9.94. The van der Waals surface area contributed by atoms with Gasteiger partial charge in [-0.2, -0.15) is 0 Å². The van der Waals surface area contributed by atoms with Gasteiger partial charge in [-0.15, -0.1) is 0 Å². The molecule has 18 heavy (non-hydrogen) atoms. The summed E-state index contributed by atoms with van der Waals surface area (Å²) in [7, 11) is 1.56. The minimum absolute atomic E-state index is 0.0681. The maximum atomic E-state index is 11.8. The maximum Gasteiger partial charge on any atom is 0.321 e. The van der Waals surface area contributed by atoms with E-state index in [1.54, 1.807) is 13.1 Å². The lowest BCUT2D eigenvalue weighted by Crippen LogP contribution is -2.33. The van der Waals surface area contributed by atoms with Crippen LogP contribution in [0.2, 0.25) is 0 Å². The van der Waals surface area contributed by atoms with E-state index in [0.717, 1.165) is 10.0 Å². The fraction of sp³-hybridized carbons (Fsp3) is 0.333. The van der Waals surface area contributed by atoms with E-state index in [1.807, 2.05) is 19.1 Å². The topological polar surface area (TPSA) is 69.6 Å². The molecular weight excluding hydrogens is 300 g/mol. The second-order valence-electron chi connectivity index (χ2n) is 3.95. The summed E-state index contributed by atoms with van der Waals surface area (Å²) in [4.78, 5) is 23.6. The van der Waals surface area contributed by atoms with Crippen LogP contribution in [0.25, 0.3) is 0 Å². The van der Waals surface area contributed by atoms with E-state index in [-0.39, 0.29) is 19.0 Å². The molecule has 0 radical (unpaired) electrons. The second-order valence-corrected chi connectivity index (χ2v) is 4.87. The van der Waals surface area contributed by atoms with E-state index >= 15 is 0 Å².